The average molecular weight is 543 g/mol. The first kappa shape index (κ1) is 23.3. The summed E-state index contributed by atoms with van der Waals surface area (Å²) in [6.45, 7) is 2.91. The number of rotatable bonds is 6. The zero-order valence-electron chi connectivity index (χ0n) is 19.1. The summed E-state index contributed by atoms with van der Waals surface area (Å²) in [6.07, 6.45) is 5.30. The molecule has 0 atom stereocenters. The molecular weight excluding hydrogens is 514 g/mol. The Hall–Kier alpha value is -2.49. The highest BCUT2D eigenvalue weighted by Gasteiger charge is 2.27. The molecule has 0 saturated carbocycles. The molecule has 3 heterocycles. The smallest absolute Gasteiger partial charge is 0.213 e. The van der Waals surface area contributed by atoms with Gasteiger partial charge in [0.15, 0.2) is 5.65 Å². The number of nitrogen functional groups attached to an aromatic ring is 1. The third kappa shape index (κ3) is 4.32. The molecule has 0 aliphatic carbocycles. The summed E-state index contributed by atoms with van der Waals surface area (Å²) < 4.78 is 28.4. The lowest BCUT2D eigenvalue weighted by molar-refractivity contribution is 0.263. The van der Waals surface area contributed by atoms with Crippen molar-refractivity contribution in [1.82, 2.24) is 18.9 Å². The molecule has 9 heteroatoms. The summed E-state index contributed by atoms with van der Waals surface area (Å²) >= 11 is 3.63. The third-order valence-corrected chi connectivity index (χ3v) is 9.62. The summed E-state index contributed by atoms with van der Waals surface area (Å²) in [5.74, 6) is 1.17. The molecule has 0 amide bonds. The lowest BCUT2D eigenvalue weighted by Crippen LogP contribution is -2.39. The number of hydrogen-bond acceptors (Lipinski definition) is 5. The monoisotopic (exact) mass is 541 g/mol. The molecule has 7 nitrogen and oxygen atoms in total. The van der Waals surface area contributed by atoms with Crippen LogP contribution in [0.2, 0.25) is 0 Å². The normalized spacial score (nSPS) is 15.9. The second-order valence-corrected chi connectivity index (χ2v) is 11.9. The van der Waals surface area contributed by atoms with Crippen LogP contribution in [0.5, 0.6) is 0 Å². The van der Waals surface area contributed by atoms with Gasteiger partial charge in [0.25, 0.3) is 0 Å². The second kappa shape index (κ2) is 9.28. The predicted octanol–water partition coefficient (Wildman–Crippen LogP) is 4.89. The topological polar surface area (TPSA) is 93.6 Å². The van der Waals surface area contributed by atoms with E-state index in [4.69, 9.17) is 10.7 Å². The number of anilines is 1. The SMILES string of the molecule is CCS(=O)(=O)N1CCC(CCc2nc3c(-c4ccc5ccccc5c4)cnn3c(N)c2Br)CC1. The van der Waals surface area contributed by atoms with Crippen molar-refractivity contribution >= 4 is 48.2 Å². The fraction of sp³-hybridized carbons (Fsp3) is 0.360. The molecular formula is C25H28BrN5O2S. The number of nitrogens with zero attached hydrogens (tertiary/aromatic N) is 4. The maximum Gasteiger partial charge on any atom is 0.213 e. The zero-order chi connectivity index (χ0) is 23.9. The van der Waals surface area contributed by atoms with E-state index in [9.17, 15) is 8.42 Å². The Bertz CT molecular complexity index is 1460. The van der Waals surface area contributed by atoms with Crippen LogP contribution in [0.1, 0.15) is 31.9 Å². The molecule has 1 aliphatic rings. The number of piperidine rings is 1. The Morgan fingerprint density at radius 1 is 1.12 bits per heavy atom. The molecule has 0 bridgehead atoms. The number of sulfonamides is 1. The first-order valence-corrected chi connectivity index (χ1v) is 14.1. The molecule has 34 heavy (non-hydrogen) atoms. The van der Waals surface area contributed by atoms with E-state index in [1.807, 2.05) is 18.3 Å². The van der Waals surface area contributed by atoms with Gasteiger partial charge in [0.2, 0.25) is 10.0 Å². The van der Waals surface area contributed by atoms with Gasteiger partial charge in [-0.25, -0.2) is 17.7 Å². The number of hydrogen-bond donors (Lipinski definition) is 1. The minimum absolute atomic E-state index is 0.165. The molecule has 2 N–H and O–H groups in total. The lowest BCUT2D eigenvalue weighted by Gasteiger charge is -2.31. The maximum absolute atomic E-state index is 12.1. The van der Waals surface area contributed by atoms with E-state index in [1.165, 1.54) is 10.8 Å². The van der Waals surface area contributed by atoms with Crippen molar-refractivity contribution in [1.29, 1.82) is 0 Å². The highest BCUT2D eigenvalue weighted by atomic mass is 79.9. The third-order valence-electron chi connectivity index (χ3n) is 6.87. The summed E-state index contributed by atoms with van der Waals surface area (Å²) in [6, 6.07) is 14.6. The molecule has 1 saturated heterocycles. The van der Waals surface area contributed by atoms with Crippen LogP contribution in [0, 0.1) is 5.92 Å². The number of aromatic nitrogens is 3. The molecule has 4 aromatic rings. The van der Waals surface area contributed by atoms with E-state index < -0.39 is 10.0 Å². The van der Waals surface area contributed by atoms with Crippen LogP contribution in [-0.4, -0.2) is 46.2 Å². The quantitative estimate of drug-likeness (QED) is 0.375. The van der Waals surface area contributed by atoms with Crippen LogP contribution >= 0.6 is 15.9 Å². The van der Waals surface area contributed by atoms with Gasteiger partial charge in [0.1, 0.15) is 5.82 Å². The maximum atomic E-state index is 12.1. The average Bonchev–Trinajstić information content (AvgIpc) is 3.29. The minimum atomic E-state index is -3.10. The van der Waals surface area contributed by atoms with Crippen molar-refractivity contribution in [2.75, 3.05) is 24.6 Å². The Morgan fingerprint density at radius 2 is 1.85 bits per heavy atom. The molecule has 0 unspecified atom stereocenters. The number of halogens is 1. The highest BCUT2D eigenvalue weighted by Crippen LogP contribution is 2.33. The first-order valence-electron chi connectivity index (χ1n) is 11.7. The summed E-state index contributed by atoms with van der Waals surface area (Å²) in [5.41, 5.74) is 10.1. The Balaban J connectivity index is 1.39. The van der Waals surface area contributed by atoms with Gasteiger partial charge >= 0.3 is 0 Å². The molecule has 1 aliphatic heterocycles. The standard InChI is InChI=1S/C25H28BrN5O2S/c1-2-34(32,33)30-13-11-17(12-14-30)7-10-22-23(26)24(27)31-25(29-22)21(16-28-31)20-9-8-18-5-3-4-6-19(18)15-20/h3-6,8-9,15-17H,2,7,10-14,27H2,1H3. The van der Waals surface area contributed by atoms with Crippen LogP contribution in [0.15, 0.2) is 53.1 Å². The van der Waals surface area contributed by atoms with Crippen molar-refractivity contribution in [3.05, 3.63) is 58.8 Å². The number of aryl methyl sites for hydroxylation is 1. The van der Waals surface area contributed by atoms with Crippen molar-refractivity contribution in [3.8, 4) is 11.1 Å². The van der Waals surface area contributed by atoms with Gasteiger partial charge in [0, 0.05) is 18.7 Å². The van der Waals surface area contributed by atoms with Crippen LogP contribution in [0.3, 0.4) is 0 Å². The zero-order valence-corrected chi connectivity index (χ0v) is 21.5. The molecule has 5 rings (SSSR count). The number of fused-ring (bicyclic) bond motifs is 2. The fourth-order valence-electron chi connectivity index (χ4n) is 4.77. The van der Waals surface area contributed by atoms with Gasteiger partial charge in [-0.3, -0.25) is 0 Å². The van der Waals surface area contributed by atoms with Crippen molar-refractivity contribution in [2.45, 2.75) is 32.6 Å². The van der Waals surface area contributed by atoms with Crippen molar-refractivity contribution in [3.63, 3.8) is 0 Å². The minimum Gasteiger partial charge on any atom is -0.383 e. The van der Waals surface area contributed by atoms with Crippen LogP contribution in [0.4, 0.5) is 5.82 Å². The lowest BCUT2D eigenvalue weighted by atomic mass is 9.92. The van der Waals surface area contributed by atoms with Crippen LogP contribution in [0.25, 0.3) is 27.5 Å². The van der Waals surface area contributed by atoms with E-state index in [0.717, 1.165) is 52.6 Å². The molecule has 0 radical (unpaired) electrons. The van der Waals surface area contributed by atoms with E-state index >= 15 is 0 Å². The van der Waals surface area contributed by atoms with Gasteiger partial charge < -0.3 is 5.73 Å². The molecule has 178 valence electrons. The predicted molar refractivity (Wildman–Crippen MR) is 140 cm³/mol. The van der Waals surface area contributed by atoms with Crippen LogP contribution in [-0.2, 0) is 16.4 Å². The van der Waals surface area contributed by atoms with Gasteiger partial charge in [-0.15, -0.1) is 0 Å². The Labute approximate surface area is 208 Å². The van der Waals surface area contributed by atoms with Gasteiger partial charge in [-0.2, -0.15) is 9.61 Å². The van der Waals surface area contributed by atoms with Gasteiger partial charge in [-0.05, 0) is 76.9 Å². The Morgan fingerprint density at radius 3 is 2.59 bits per heavy atom. The first-order chi connectivity index (χ1) is 16.4. The van der Waals surface area contributed by atoms with E-state index in [2.05, 4.69) is 51.4 Å². The molecule has 2 aromatic carbocycles. The van der Waals surface area contributed by atoms with Crippen molar-refractivity contribution < 1.29 is 8.42 Å². The molecule has 2 aromatic heterocycles. The highest BCUT2D eigenvalue weighted by molar-refractivity contribution is 9.10. The van der Waals surface area contributed by atoms with E-state index in [0.29, 0.717) is 24.8 Å². The fourth-order valence-corrected chi connectivity index (χ4v) is 6.36. The van der Waals surface area contributed by atoms with E-state index in [-0.39, 0.29) is 5.75 Å². The van der Waals surface area contributed by atoms with Gasteiger partial charge in [0.05, 0.1) is 22.1 Å². The molecule has 1 fully saturated rings. The summed E-state index contributed by atoms with van der Waals surface area (Å²) in [7, 11) is -3.10. The van der Waals surface area contributed by atoms with Gasteiger partial charge in [-0.1, -0.05) is 36.4 Å². The van der Waals surface area contributed by atoms with Crippen molar-refractivity contribution in [2.24, 2.45) is 5.92 Å². The number of benzene rings is 2. The van der Waals surface area contributed by atoms with E-state index in [1.54, 1.807) is 15.7 Å². The summed E-state index contributed by atoms with van der Waals surface area (Å²) in [5, 5.41) is 6.86. The summed E-state index contributed by atoms with van der Waals surface area (Å²) in [4.78, 5) is 4.97. The van der Waals surface area contributed by atoms with Crippen LogP contribution < -0.4 is 5.73 Å². The molecule has 0 spiro atoms. The Kier molecular flexibility index (Phi) is 6.35. The number of nitrogens with two attached hydrogens (primary N) is 1. The second-order valence-electron chi connectivity index (χ2n) is 8.89. The largest absolute Gasteiger partial charge is 0.383 e.